The normalized spacial score (nSPS) is 32.7. The maximum absolute atomic E-state index is 12.2. The van der Waals surface area contributed by atoms with E-state index in [9.17, 15) is 4.79 Å². The second-order valence-electron chi connectivity index (χ2n) is 4.63. The van der Waals surface area contributed by atoms with Crippen LogP contribution in [0.4, 0.5) is 0 Å². The summed E-state index contributed by atoms with van der Waals surface area (Å²) in [5.74, 6) is 0.579. The molecule has 86 valence electrons. The van der Waals surface area contributed by atoms with Gasteiger partial charge in [0.05, 0.1) is 5.92 Å². The van der Waals surface area contributed by atoms with Crippen LogP contribution in [-0.2, 0) is 4.79 Å². The number of nitrogens with zero attached hydrogens (tertiary/aromatic N) is 1. The third-order valence-electron chi connectivity index (χ3n) is 3.43. The molecule has 1 amide bonds. The molecule has 2 fully saturated rings. The van der Waals surface area contributed by atoms with Crippen molar-refractivity contribution in [3.05, 3.63) is 0 Å². The van der Waals surface area contributed by atoms with E-state index in [1.54, 1.807) is 0 Å². The molecule has 0 bridgehead atoms. The van der Waals surface area contributed by atoms with Gasteiger partial charge in [0.15, 0.2) is 0 Å². The molecule has 2 saturated heterocycles. The van der Waals surface area contributed by atoms with Crippen LogP contribution >= 0.6 is 0 Å². The first kappa shape index (κ1) is 10.9. The van der Waals surface area contributed by atoms with Gasteiger partial charge in [-0.2, -0.15) is 0 Å². The maximum Gasteiger partial charge on any atom is 0.227 e. The number of piperazine rings is 1. The van der Waals surface area contributed by atoms with E-state index in [4.69, 9.17) is 0 Å². The third kappa shape index (κ3) is 2.49. The van der Waals surface area contributed by atoms with Crippen LogP contribution in [-0.4, -0.2) is 49.6 Å². The predicted octanol–water partition coefficient (Wildman–Crippen LogP) is -0.194. The highest BCUT2D eigenvalue weighted by Gasteiger charge is 2.29. The highest BCUT2D eigenvalue weighted by molar-refractivity contribution is 5.79. The smallest absolute Gasteiger partial charge is 0.227 e. The van der Waals surface area contributed by atoms with Crippen LogP contribution in [0.25, 0.3) is 0 Å². The fraction of sp³-hybridized carbons (Fsp3) is 0.909. The van der Waals surface area contributed by atoms with Crippen LogP contribution in [0.1, 0.15) is 19.8 Å². The summed E-state index contributed by atoms with van der Waals surface area (Å²) in [6.07, 6.45) is 2.19. The molecule has 0 aromatic rings. The Labute approximate surface area is 91.4 Å². The van der Waals surface area contributed by atoms with E-state index in [1.165, 1.54) is 0 Å². The monoisotopic (exact) mass is 211 g/mol. The Balaban J connectivity index is 1.92. The van der Waals surface area contributed by atoms with Crippen LogP contribution in [0.3, 0.4) is 0 Å². The van der Waals surface area contributed by atoms with Crippen molar-refractivity contribution in [1.82, 2.24) is 15.5 Å². The number of hydrogen-bond donors (Lipinski definition) is 2. The molecular formula is C11H21N3O. The van der Waals surface area contributed by atoms with Gasteiger partial charge in [-0.25, -0.2) is 0 Å². The Morgan fingerprint density at radius 1 is 1.27 bits per heavy atom. The molecule has 0 aromatic carbocycles. The van der Waals surface area contributed by atoms with Crippen molar-refractivity contribution in [3.8, 4) is 0 Å². The largest absolute Gasteiger partial charge is 0.337 e. The Morgan fingerprint density at radius 3 is 2.73 bits per heavy atom. The number of carbonyl (C=O) groups is 1. The summed E-state index contributed by atoms with van der Waals surface area (Å²) in [6, 6.07) is 0.355. The fourth-order valence-electron chi connectivity index (χ4n) is 2.47. The summed E-state index contributed by atoms with van der Waals surface area (Å²) in [5, 5.41) is 6.62. The molecule has 15 heavy (non-hydrogen) atoms. The molecule has 0 aliphatic carbocycles. The summed E-state index contributed by atoms with van der Waals surface area (Å²) in [6.45, 7) is 6.81. The van der Waals surface area contributed by atoms with E-state index >= 15 is 0 Å². The van der Waals surface area contributed by atoms with Crippen molar-refractivity contribution in [2.24, 2.45) is 5.92 Å². The van der Waals surface area contributed by atoms with Gasteiger partial charge in [0.25, 0.3) is 0 Å². The van der Waals surface area contributed by atoms with E-state index in [0.717, 1.165) is 45.6 Å². The first-order valence-electron chi connectivity index (χ1n) is 6.01. The minimum Gasteiger partial charge on any atom is -0.337 e. The van der Waals surface area contributed by atoms with Crippen LogP contribution in [0.15, 0.2) is 0 Å². The molecular weight excluding hydrogens is 190 g/mol. The molecule has 4 nitrogen and oxygen atoms in total. The van der Waals surface area contributed by atoms with Crippen LogP contribution in [0.2, 0.25) is 0 Å². The number of hydrogen-bond acceptors (Lipinski definition) is 3. The highest BCUT2D eigenvalue weighted by Crippen LogP contribution is 2.15. The van der Waals surface area contributed by atoms with Crippen molar-refractivity contribution in [2.45, 2.75) is 25.8 Å². The Bertz CT molecular complexity index is 226. The Kier molecular flexibility index (Phi) is 3.59. The molecule has 0 spiro atoms. The van der Waals surface area contributed by atoms with Gasteiger partial charge < -0.3 is 15.5 Å². The number of rotatable bonds is 1. The molecule has 2 N–H and O–H groups in total. The lowest BCUT2D eigenvalue weighted by atomic mass is 9.97. The summed E-state index contributed by atoms with van der Waals surface area (Å²) in [5.41, 5.74) is 0. The van der Waals surface area contributed by atoms with E-state index in [2.05, 4.69) is 17.6 Å². The van der Waals surface area contributed by atoms with E-state index < -0.39 is 0 Å². The van der Waals surface area contributed by atoms with Crippen LogP contribution in [0.5, 0.6) is 0 Å². The molecule has 2 heterocycles. The minimum absolute atomic E-state index is 0.222. The molecule has 2 atom stereocenters. The first-order chi connectivity index (χ1) is 7.29. The zero-order valence-corrected chi connectivity index (χ0v) is 9.46. The van der Waals surface area contributed by atoms with E-state index in [-0.39, 0.29) is 5.92 Å². The van der Waals surface area contributed by atoms with Gasteiger partial charge >= 0.3 is 0 Å². The molecule has 0 radical (unpaired) electrons. The molecule has 2 rings (SSSR count). The fourth-order valence-corrected chi connectivity index (χ4v) is 2.47. The number of piperidine rings is 1. The van der Waals surface area contributed by atoms with Gasteiger partial charge in [0.1, 0.15) is 0 Å². The topological polar surface area (TPSA) is 44.4 Å². The van der Waals surface area contributed by atoms with E-state index in [1.807, 2.05) is 4.90 Å². The second kappa shape index (κ2) is 4.94. The number of amides is 1. The lowest BCUT2D eigenvalue weighted by molar-refractivity contribution is -0.138. The lowest BCUT2D eigenvalue weighted by Gasteiger charge is -2.37. The summed E-state index contributed by atoms with van der Waals surface area (Å²) >= 11 is 0. The standard InChI is InChI=1S/C11H21N3O/c1-9-7-13-5-6-14(9)11(15)10-3-2-4-12-8-10/h9-10,12-13H,2-8H2,1H3/t9-,10?/m1/s1. The van der Waals surface area contributed by atoms with Crippen LogP contribution < -0.4 is 10.6 Å². The van der Waals surface area contributed by atoms with Gasteiger partial charge in [0, 0.05) is 32.2 Å². The second-order valence-corrected chi connectivity index (χ2v) is 4.63. The van der Waals surface area contributed by atoms with E-state index in [0.29, 0.717) is 11.9 Å². The highest BCUT2D eigenvalue weighted by atomic mass is 16.2. The minimum atomic E-state index is 0.222. The van der Waals surface area contributed by atoms with Crippen molar-refractivity contribution >= 4 is 5.91 Å². The molecule has 0 aromatic heterocycles. The third-order valence-corrected chi connectivity index (χ3v) is 3.43. The zero-order valence-electron chi connectivity index (χ0n) is 9.46. The van der Waals surface area contributed by atoms with Crippen LogP contribution in [0, 0.1) is 5.92 Å². The van der Waals surface area contributed by atoms with Gasteiger partial charge in [-0.1, -0.05) is 0 Å². The number of nitrogens with one attached hydrogen (secondary N) is 2. The molecule has 1 unspecified atom stereocenters. The number of carbonyl (C=O) groups excluding carboxylic acids is 1. The summed E-state index contributed by atoms with van der Waals surface area (Å²) in [4.78, 5) is 14.3. The molecule has 0 saturated carbocycles. The molecule has 2 aliphatic heterocycles. The average molecular weight is 211 g/mol. The Morgan fingerprint density at radius 2 is 2.07 bits per heavy atom. The predicted molar refractivity (Wildman–Crippen MR) is 59.6 cm³/mol. The van der Waals surface area contributed by atoms with Crippen molar-refractivity contribution in [3.63, 3.8) is 0 Å². The summed E-state index contributed by atoms with van der Waals surface area (Å²) < 4.78 is 0. The first-order valence-corrected chi connectivity index (χ1v) is 6.01. The van der Waals surface area contributed by atoms with Gasteiger partial charge in [0.2, 0.25) is 5.91 Å². The van der Waals surface area contributed by atoms with Crippen molar-refractivity contribution in [2.75, 3.05) is 32.7 Å². The average Bonchev–Trinajstić information content (AvgIpc) is 2.30. The lowest BCUT2D eigenvalue weighted by Crippen LogP contribution is -2.55. The maximum atomic E-state index is 12.2. The SMILES string of the molecule is C[C@@H]1CNCCN1C(=O)C1CCCNC1. The zero-order chi connectivity index (χ0) is 10.7. The Hall–Kier alpha value is -0.610. The quantitative estimate of drug-likeness (QED) is 0.632. The van der Waals surface area contributed by atoms with Crippen molar-refractivity contribution in [1.29, 1.82) is 0 Å². The van der Waals surface area contributed by atoms with Gasteiger partial charge in [-0.05, 0) is 26.3 Å². The summed E-state index contributed by atoms with van der Waals surface area (Å²) in [7, 11) is 0. The van der Waals surface area contributed by atoms with Crippen molar-refractivity contribution < 1.29 is 4.79 Å². The van der Waals surface area contributed by atoms with Gasteiger partial charge in [-0.15, -0.1) is 0 Å². The molecule has 2 aliphatic rings. The van der Waals surface area contributed by atoms with Gasteiger partial charge in [-0.3, -0.25) is 4.79 Å². The molecule has 4 heteroatoms.